The van der Waals surface area contributed by atoms with Gasteiger partial charge in [0.05, 0.1) is 18.7 Å². The molecule has 2 aromatic rings. The maximum atomic E-state index is 11.8. The highest BCUT2D eigenvalue weighted by atomic mass is 32.2. The minimum atomic E-state index is -0.214. The molecular formula is C12H14N2O3S2. The molecule has 0 saturated carbocycles. The number of methoxy groups -OCH3 is 1. The fourth-order valence-electron chi connectivity index (χ4n) is 1.57. The minimum absolute atomic E-state index is 0.0668. The summed E-state index contributed by atoms with van der Waals surface area (Å²) in [5.74, 6) is 0.902. The zero-order valence-electron chi connectivity index (χ0n) is 10.7. The molecule has 0 radical (unpaired) electrons. The SMILES string of the molecule is COC(=O)C(C)CSCc1cc(=O)n2ccsc2n1. The summed E-state index contributed by atoms with van der Waals surface area (Å²) in [6.07, 6.45) is 1.71. The van der Waals surface area contributed by atoms with Gasteiger partial charge in [0.2, 0.25) is 0 Å². The molecule has 2 heterocycles. The molecule has 0 aromatic carbocycles. The van der Waals surface area contributed by atoms with E-state index in [0.29, 0.717) is 16.5 Å². The number of aromatic nitrogens is 2. The summed E-state index contributed by atoms with van der Waals surface area (Å²) in [5, 5.41) is 1.83. The topological polar surface area (TPSA) is 60.7 Å². The lowest BCUT2D eigenvalue weighted by Crippen LogP contribution is -2.15. The highest BCUT2D eigenvalue weighted by Crippen LogP contribution is 2.15. The molecule has 0 aliphatic rings. The molecule has 2 rings (SSSR count). The van der Waals surface area contributed by atoms with Crippen molar-refractivity contribution in [3.63, 3.8) is 0 Å². The van der Waals surface area contributed by atoms with Crippen LogP contribution >= 0.6 is 23.1 Å². The molecule has 2 aromatic heterocycles. The fraction of sp³-hybridized carbons (Fsp3) is 0.417. The van der Waals surface area contributed by atoms with Gasteiger partial charge in [-0.05, 0) is 0 Å². The summed E-state index contributed by atoms with van der Waals surface area (Å²) in [6, 6.07) is 1.54. The molecule has 19 heavy (non-hydrogen) atoms. The van der Waals surface area contributed by atoms with Crippen LogP contribution in [-0.2, 0) is 15.3 Å². The van der Waals surface area contributed by atoms with Crippen molar-refractivity contribution in [2.24, 2.45) is 5.92 Å². The summed E-state index contributed by atoms with van der Waals surface area (Å²) in [5.41, 5.74) is 0.678. The highest BCUT2D eigenvalue weighted by Gasteiger charge is 2.13. The van der Waals surface area contributed by atoms with E-state index in [0.717, 1.165) is 5.69 Å². The Bertz CT molecular complexity index is 635. The predicted molar refractivity (Wildman–Crippen MR) is 76.7 cm³/mol. The maximum absolute atomic E-state index is 11.8. The first-order valence-corrected chi connectivity index (χ1v) is 7.76. The third-order valence-electron chi connectivity index (χ3n) is 2.58. The van der Waals surface area contributed by atoms with Crippen molar-refractivity contribution in [1.29, 1.82) is 0 Å². The van der Waals surface area contributed by atoms with Gasteiger partial charge in [-0.25, -0.2) is 4.98 Å². The average Bonchev–Trinajstić information content (AvgIpc) is 2.86. The normalized spacial score (nSPS) is 12.5. The lowest BCUT2D eigenvalue weighted by atomic mass is 10.2. The van der Waals surface area contributed by atoms with E-state index in [-0.39, 0.29) is 17.4 Å². The first-order valence-electron chi connectivity index (χ1n) is 5.73. The minimum Gasteiger partial charge on any atom is -0.469 e. The van der Waals surface area contributed by atoms with Crippen LogP contribution in [-0.4, -0.2) is 28.2 Å². The number of thioether (sulfide) groups is 1. The largest absolute Gasteiger partial charge is 0.469 e. The Morgan fingerprint density at radius 2 is 2.42 bits per heavy atom. The molecule has 0 bridgehead atoms. The monoisotopic (exact) mass is 298 g/mol. The van der Waals surface area contributed by atoms with Crippen LogP contribution in [0, 0.1) is 5.92 Å². The molecule has 7 heteroatoms. The number of thiazole rings is 1. The van der Waals surface area contributed by atoms with Crippen LogP contribution in [0.15, 0.2) is 22.4 Å². The van der Waals surface area contributed by atoms with Crippen LogP contribution in [0.4, 0.5) is 0 Å². The molecule has 1 atom stereocenters. The number of hydrogen-bond acceptors (Lipinski definition) is 6. The van der Waals surface area contributed by atoms with Crippen molar-refractivity contribution < 1.29 is 9.53 Å². The van der Waals surface area contributed by atoms with E-state index in [2.05, 4.69) is 9.72 Å². The van der Waals surface area contributed by atoms with Crippen LogP contribution in [0.1, 0.15) is 12.6 Å². The van der Waals surface area contributed by atoms with Gasteiger partial charge < -0.3 is 4.74 Å². The van der Waals surface area contributed by atoms with Gasteiger partial charge in [-0.15, -0.1) is 11.3 Å². The summed E-state index contributed by atoms with van der Waals surface area (Å²) >= 11 is 3.00. The average molecular weight is 298 g/mol. The molecular weight excluding hydrogens is 284 g/mol. The zero-order valence-corrected chi connectivity index (χ0v) is 12.3. The van der Waals surface area contributed by atoms with Crippen molar-refractivity contribution in [2.45, 2.75) is 12.7 Å². The fourth-order valence-corrected chi connectivity index (χ4v) is 3.27. The Morgan fingerprint density at radius 1 is 1.63 bits per heavy atom. The van der Waals surface area contributed by atoms with Crippen molar-refractivity contribution >= 4 is 34.0 Å². The second kappa shape index (κ2) is 6.21. The first kappa shape index (κ1) is 14.1. The lowest BCUT2D eigenvalue weighted by Gasteiger charge is -2.08. The van der Waals surface area contributed by atoms with Crippen molar-refractivity contribution in [2.75, 3.05) is 12.9 Å². The number of esters is 1. The Balaban J connectivity index is 1.98. The Hall–Kier alpha value is -1.34. The summed E-state index contributed by atoms with van der Waals surface area (Å²) in [6.45, 7) is 1.82. The van der Waals surface area contributed by atoms with Crippen LogP contribution in [0.3, 0.4) is 0 Å². The van der Waals surface area contributed by atoms with Gasteiger partial charge in [-0.1, -0.05) is 6.92 Å². The second-order valence-corrected chi connectivity index (χ2v) is 5.98. The molecule has 0 N–H and O–H groups in total. The van der Waals surface area contributed by atoms with Crippen LogP contribution in [0.5, 0.6) is 0 Å². The molecule has 0 aliphatic carbocycles. The number of carbonyl (C=O) groups excluding carboxylic acids is 1. The summed E-state index contributed by atoms with van der Waals surface area (Å²) < 4.78 is 6.19. The van der Waals surface area contributed by atoms with Gasteiger partial charge in [-0.3, -0.25) is 14.0 Å². The third-order valence-corrected chi connectivity index (χ3v) is 4.57. The van der Waals surface area contributed by atoms with Gasteiger partial charge in [0.1, 0.15) is 0 Å². The molecule has 0 spiro atoms. The molecule has 102 valence electrons. The standard InChI is InChI=1S/C12H14N2O3S2/c1-8(11(16)17-2)6-18-7-9-5-10(15)14-3-4-19-12(14)13-9/h3-5,8H,6-7H2,1-2H3. The van der Waals surface area contributed by atoms with E-state index in [9.17, 15) is 9.59 Å². The second-order valence-electron chi connectivity index (χ2n) is 4.08. The van der Waals surface area contributed by atoms with Crippen LogP contribution in [0.2, 0.25) is 0 Å². The smallest absolute Gasteiger partial charge is 0.309 e. The molecule has 5 nitrogen and oxygen atoms in total. The Morgan fingerprint density at radius 3 is 3.16 bits per heavy atom. The van der Waals surface area contributed by atoms with Gasteiger partial charge in [-0.2, -0.15) is 11.8 Å². The van der Waals surface area contributed by atoms with Crippen LogP contribution < -0.4 is 5.56 Å². The van der Waals surface area contributed by atoms with E-state index in [1.54, 1.807) is 18.0 Å². The predicted octanol–water partition coefficient (Wildman–Crippen LogP) is 1.80. The lowest BCUT2D eigenvalue weighted by molar-refractivity contribution is -0.143. The number of fused-ring (bicyclic) bond motifs is 1. The number of hydrogen-bond donors (Lipinski definition) is 0. The third kappa shape index (κ3) is 3.36. The van der Waals surface area contributed by atoms with Crippen molar-refractivity contribution in [3.8, 4) is 0 Å². The summed E-state index contributed by atoms with van der Waals surface area (Å²) in [7, 11) is 1.39. The number of nitrogens with zero attached hydrogens (tertiary/aromatic N) is 2. The van der Waals surface area contributed by atoms with Gasteiger partial charge >= 0.3 is 5.97 Å². The van der Waals surface area contributed by atoms with E-state index in [1.807, 2.05) is 12.3 Å². The van der Waals surface area contributed by atoms with E-state index in [4.69, 9.17) is 0 Å². The van der Waals surface area contributed by atoms with Crippen molar-refractivity contribution in [1.82, 2.24) is 9.38 Å². The quantitative estimate of drug-likeness (QED) is 0.788. The molecule has 0 aliphatic heterocycles. The Labute approximate surface area is 118 Å². The van der Waals surface area contributed by atoms with E-state index < -0.39 is 0 Å². The van der Waals surface area contributed by atoms with E-state index in [1.165, 1.54) is 28.9 Å². The van der Waals surface area contributed by atoms with Gasteiger partial charge in [0.15, 0.2) is 4.96 Å². The molecule has 0 saturated heterocycles. The first-order chi connectivity index (χ1) is 9.11. The molecule has 0 amide bonds. The number of carbonyl (C=O) groups is 1. The Kier molecular flexibility index (Phi) is 4.60. The summed E-state index contributed by atoms with van der Waals surface area (Å²) in [4.78, 5) is 28.1. The highest BCUT2D eigenvalue weighted by molar-refractivity contribution is 7.98. The number of ether oxygens (including phenoxy) is 1. The van der Waals surface area contributed by atoms with Gasteiger partial charge in [0.25, 0.3) is 5.56 Å². The van der Waals surface area contributed by atoms with E-state index >= 15 is 0 Å². The maximum Gasteiger partial charge on any atom is 0.309 e. The molecule has 1 unspecified atom stereocenters. The van der Waals surface area contributed by atoms with Crippen LogP contribution in [0.25, 0.3) is 4.96 Å². The van der Waals surface area contributed by atoms with Crippen molar-refractivity contribution in [3.05, 3.63) is 33.7 Å². The number of rotatable bonds is 5. The zero-order chi connectivity index (χ0) is 13.8. The molecule has 0 fully saturated rings. The van der Waals surface area contributed by atoms with Gasteiger partial charge in [0, 0.05) is 29.1 Å².